The van der Waals surface area contributed by atoms with Crippen molar-refractivity contribution in [1.82, 2.24) is 0 Å². The molecule has 0 atom stereocenters. The summed E-state index contributed by atoms with van der Waals surface area (Å²) >= 11 is 5.83. The molecule has 1 aromatic carbocycles. The topological polar surface area (TPSA) is 33.0 Å². The van der Waals surface area contributed by atoms with Crippen LogP contribution in [0.4, 0.5) is 0 Å². The molecular weight excluding hydrogens is 174 g/mol. The van der Waals surface area contributed by atoms with E-state index in [0.29, 0.717) is 16.3 Å². The zero-order valence-corrected chi connectivity index (χ0v) is 7.64. The van der Waals surface area contributed by atoms with E-state index < -0.39 is 0 Å². The van der Waals surface area contributed by atoms with Crippen LogP contribution in [-0.2, 0) is 0 Å². The molecular formula is C9H8ClNO. The van der Waals surface area contributed by atoms with Crippen LogP contribution in [0, 0.1) is 18.3 Å². The number of methoxy groups -OCH3 is 1. The highest BCUT2D eigenvalue weighted by Gasteiger charge is 2.06. The minimum atomic E-state index is 0.380. The third kappa shape index (κ3) is 1.51. The quantitative estimate of drug-likeness (QED) is 0.667. The Hall–Kier alpha value is -1.20. The summed E-state index contributed by atoms with van der Waals surface area (Å²) in [7, 11) is 1.53. The molecule has 0 fully saturated rings. The molecule has 0 aromatic heterocycles. The van der Waals surface area contributed by atoms with Crippen molar-refractivity contribution in [2.24, 2.45) is 0 Å². The molecule has 2 nitrogen and oxygen atoms in total. The van der Waals surface area contributed by atoms with Crippen molar-refractivity contribution < 1.29 is 4.74 Å². The fourth-order valence-corrected chi connectivity index (χ4v) is 1.19. The molecule has 0 saturated heterocycles. The number of aryl methyl sites for hydroxylation is 1. The van der Waals surface area contributed by atoms with Gasteiger partial charge < -0.3 is 4.74 Å². The Labute approximate surface area is 76.3 Å². The highest BCUT2D eigenvalue weighted by Crippen LogP contribution is 2.28. The lowest BCUT2D eigenvalue weighted by molar-refractivity contribution is 0.414. The van der Waals surface area contributed by atoms with E-state index in [1.54, 1.807) is 12.1 Å². The predicted octanol–water partition coefficient (Wildman–Crippen LogP) is 2.53. The first-order valence-corrected chi connectivity index (χ1v) is 3.81. The number of nitrogens with zero attached hydrogens (tertiary/aromatic N) is 1. The van der Waals surface area contributed by atoms with Crippen molar-refractivity contribution in [2.75, 3.05) is 7.11 Å². The lowest BCUT2D eigenvalue weighted by Crippen LogP contribution is -1.88. The molecule has 0 heterocycles. The number of rotatable bonds is 1. The summed E-state index contributed by atoms with van der Waals surface area (Å²) in [5.41, 5.74) is 1.42. The fraction of sp³-hybridized carbons (Fsp3) is 0.222. The van der Waals surface area contributed by atoms with Crippen LogP contribution in [0.15, 0.2) is 12.1 Å². The van der Waals surface area contributed by atoms with Gasteiger partial charge in [0.05, 0.1) is 12.7 Å². The molecule has 62 valence electrons. The average molecular weight is 182 g/mol. The zero-order chi connectivity index (χ0) is 9.14. The van der Waals surface area contributed by atoms with Crippen LogP contribution in [0.25, 0.3) is 0 Å². The number of hydrogen-bond donors (Lipinski definition) is 0. The maximum absolute atomic E-state index is 8.67. The zero-order valence-electron chi connectivity index (χ0n) is 6.89. The van der Waals surface area contributed by atoms with Crippen LogP contribution < -0.4 is 4.74 Å². The molecule has 0 aliphatic carbocycles. The molecule has 0 bridgehead atoms. The van der Waals surface area contributed by atoms with Gasteiger partial charge in [0, 0.05) is 0 Å². The minimum Gasteiger partial charge on any atom is -0.495 e. The van der Waals surface area contributed by atoms with Gasteiger partial charge in [-0.05, 0) is 24.6 Å². The van der Waals surface area contributed by atoms with Crippen molar-refractivity contribution in [3.05, 3.63) is 28.3 Å². The lowest BCUT2D eigenvalue weighted by Gasteiger charge is -2.04. The lowest BCUT2D eigenvalue weighted by atomic mass is 10.1. The van der Waals surface area contributed by atoms with Crippen LogP contribution in [0.2, 0.25) is 5.02 Å². The summed E-state index contributed by atoms with van der Waals surface area (Å²) in [5, 5.41) is 9.05. The third-order valence-corrected chi connectivity index (χ3v) is 1.91. The van der Waals surface area contributed by atoms with E-state index in [1.807, 2.05) is 13.0 Å². The van der Waals surface area contributed by atoms with Crippen molar-refractivity contribution in [2.45, 2.75) is 6.92 Å². The third-order valence-electron chi connectivity index (χ3n) is 1.52. The number of nitriles is 1. The van der Waals surface area contributed by atoms with Crippen LogP contribution >= 0.6 is 11.6 Å². The summed E-state index contributed by atoms with van der Waals surface area (Å²) in [5.74, 6) is 0.549. The Balaban J connectivity index is 3.34. The highest BCUT2D eigenvalue weighted by atomic mass is 35.5. The van der Waals surface area contributed by atoms with Gasteiger partial charge in [0.15, 0.2) is 0 Å². The Bertz CT molecular complexity index is 341. The van der Waals surface area contributed by atoms with Gasteiger partial charge in [-0.25, -0.2) is 0 Å². The average Bonchev–Trinajstić information content (AvgIpc) is 2.08. The van der Waals surface area contributed by atoms with Crippen molar-refractivity contribution in [3.8, 4) is 11.8 Å². The number of benzene rings is 1. The summed E-state index contributed by atoms with van der Waals surface area (Å²) in [6.07, 6.45) is 0. The van der Waals surface area contributed by atoms with Gasteiger partial charge in [0.1, 0.15) is 16.8 Å². The smallest absolute Gasteiger partial charge is 0.139 e. The summed E-state index contributed by atoms with van der Waals surface area (Å²) in [6.45, 7) is 1.89. The summed E-state index contributed by atoms with van der Waals surface area (Å²) in [4.78, 5) is 0. The van der Waals surface area contributed by atoms with Crippen molar-refractivity contribution in [1.29, 1.82) is 5.26 Å². The SMILES string of the molecule is COc1cc(C)cc(C#N)c1Cl. The van der Waals surface area contributed by atoms with Gasteiger partial charge in [0.25, 0.3) is 0 Å². The normalized spacial score (nSPS) is 9.17. The van der Waals surface area contributed by atoms with Crippen molar-refractivity contribution >= 4 is 11.6 Å². The van der Waals surface area contributed by atoms with Gasteiger partial charge in [-0.1, -0.05) is 11.6 Å². The summed E-state index contributed by atoms with van der Waals surface area (Å²) in [6, 6.07) is 5.52. The molecule has 0 saturated carbocycles. The number of ether oxygens (including phenoxy) is 1. The number of hydrogen-bond acceptors (Lipinski definition) is 2. The van der Waals surface area contributed by atoms with Crippen LogP contribution in [0.5, 0.6) is 5.75 Å². The second-order valence-electron chi connectivity index (χ2n) is 2.44. The van der Waals surface area contributed by atoms with E-state index in [-0.39, 0.29) is 0 Å². The first-order valence-electron chi connectivity index (χ1n) is 3.43. The predicted molar refractivity (Wildman–Crippen MR) is 47.5 cm³/mol. The Morgan fingerprint density at radius 1 is 1.50 bits per heavy atom. The molecule has 0 spiro atoms. The molecule has 0 aliphatic heterocycles. The molecule has 3 heteroatoms. The van der Waals surface area contributed by atoms with Gasteiger partial charge in [-0.2, -0.15) is 5.26 Å². The largest absolute Gasteiger partial charge is 0.495 e. The van der Waals surface area contributed by atoms with E-state index >= 15 is 0 Å². The molecule has 12 heavy (non-hydrogen) atoms. The molecule has 1 aromatic rings. The van der Waals surface area contributed by atoms with Crippen LogP contribution in [-0.4, -0.2) is 7.11 Å². The monoisotopic (exact) mass is 181 g/mol. The van der Waals surface area contributed by atoms with E-state index in [9.17, 15) is 0 Å². The van der Waals surface area contributed by atoms with E-state index in [2.05, 4.69) is 0 Å². The standard InChI is InChI=1S/C9H8ClNO/c1-6-3-7(5-11)9(10)8(4-6)12-2/h3-4H,1-2H3. The Morgan fingerprint density at radius 3 is 2.67 bits per heavy atom. The Morgan fingerprint density at radius 2 is 2.17 bits per heavy atom. The van der Waals surface area contributed by atoms with E-state index in [0.717, 1.165) is 5.56 Å². The molecule has 0 unspecified atom stereocenters. The van der Waals surface area contributed by atoms with Crippen LogP contribution in [0.3, 0.4) is 0 Å². The molecule has 0 aliphatic rings. The number of halogens is 1. The molecule has 1 rings (SSSR count). The van der Waals surface area contributed by atoms with Gasteiger partial charge in [-0.3, -0.25) is 0 Å². The second kappa shape index (κ2) is 3.46. The highest BCUT2D eigenvalue weighted by molar-refractivity contribution is 6.33. The summed E-state index contributed by atoms with van der Waals surface area (Å²) < 4.78 is 4.99. The van der Waals surface area contributed by atoms with Gasteiger partial charge in [0.2, 0.25) is 0 Å². The molecule has 0 N–H and O–H groups in total. The maximum Gasteiger partial charge on any atom is 0.139 e. The van der Waals surface area contributed by atoms with E-state index in [4.69, 9.17) is 21.6 Å². The maximum atomic E-state index is 8.67. The molecule has 0 radical (unpaired) electrons. The van der Waals surface area contributed by atoms with Crippen LogP contribution in [0.1, 0.15) is 11.1 Å². The minimum absolute atomic E-state index is 0.380. The second-order valence-corrected chi connectivity index (χ2v) is 2.82. The van der Waals surface area contributed by atoms with Gasteiger partial charge in [-0.15, -0.1) is 0 Å². The Kier molecular flexibility index (Phi) is 2.57. The first kappa shape index (κ1) is 8.89. The van der Waals surface area contributed by atoms with Crippen molar-refractivity contribution in [3.63, 3.8) is 0 Å². The first-order chi connectivity index (χ1) is 5.69. The fourth-order valence-electron chi connectivity index (χ4n) is 0.965. The van der Waals surface area contributed by atoms with E-state index in [1.165, 1.54) is 7.11 Å². The molecule has 0 amide bonds. The van der Waals surface area contributed by atoms with Gasteiger partial charge >= 0.3 is 0 Å².